The van der Waals surface area contributed by atoms with Crippen molar-refractivity contribution in [3.63, 3.8) is 0 Å². The standard InChI is InChI=1S/C22H26N2OS/c1-2-15-23-19(17-10-11-17)14-9-16-7-12-18(13-8-16)25-22-24-20-5-3-4-6-21(20)26-22/h3-8,12-13,17,19,23H,2,9-11,14-15H2,1H3. The molecule has 0 aliphatic heterocycles. The Labute approximate surface area is 159 Å². The van der Waals surface area contributed by atoms with E-state index in [1.807, 2.05) is 18.2 Å². The van der Waals surface area contributed by atoms with Crippen molar-refractivity contribution < 1.29 is 4.74 Å². The number of thiazole rings is 1. The predicted molar refractivity (Wildman–Crippen MR) is 109 cm³/mol. The molecule has 0 spiro atoms. The van der Waals surface area contributed by atoms with Crippen LogP contribution in [0.3, 0.4) is 0 Å². The number of para-hydroxylation sites is 1. The van der Waals surface area contributed by atoms with Crippen LogP contribution in [0.25, 0.3) is 10.2 Å². The lowest BCUT2D eigenvalue weighted by atomic mass is 10.0. The molecule has 3 aromatic rings. The summed E-state index contributed by atoms with van der Waals surface area (Å²) >= 11 is 1.59. The molecular formula is C22H26N2OS. The molecule has 1 aromatic heterocycles. The van der Waals surface area contributed by atoms with Gasteiger partial charge in [-0.25, -0.2) is 4.98 Å². The van der Waals surface area contributed by atoms with Crippen molar-refractivity contribution in [2.75, 3.05) is 6.54 Å². The van der Waals surface area contributed by atoms with E-state index in [9.17, 15) is 0 Å². The summed E-state index contributed by atoms with van der Waals surface area (Å²) in [5, 5.41) is 4.43. The molecule has 1 atom stereocenters. The van der Waals surface area contributed by atoms with E-state index in [2.05, 4.69) is 47.6 Å². The lowest BCUT2D eigenvalue weighted by Gasteiger charge is -2.17. The Balaban J connectivity index is 1.34. The smallest absolute Gasteiger partial charge is 0.279 e. The molecule has 3 nitrogen and oxygen atoms in total. The van der Waals surface area contributed by atoms with Gasteiger partial charge in [-0.1, -0.05) is 42.5 Å². The molecule has 136 valence electrons. The third kappa shape index (κ3) is 4.43. The predicted octanol–water partition coefficient (Wildman–Crippen LogP) is 5.80. The number of hydrogen-bond acceptors (Lipinski definition) is 4. The molecule has 1 aliphatic carbocycles. The SMILES string of the molecule is CCCNC(CCc1ccc(Oc2nc3ccccc3s2)cc1)C1CC1. The fraction of sp³-hybridized carbons (Fsp3) is 0.409. The lowest BCUT2D eigenvalue weighted by molar-refractivity contribution is 0.435. The minimum Gasteiger partial charge on any atom is -0.431 e. The number of ether oxygens (including phenoxy) is 1. The van der Waals surface area contributed by atoms with Gasteiger partial charge in [0.15, 0.2) is 0 Å². The number of hydrogen-bond donors (Lipinski definition) is 1. The quantitative estimate of drug-likeness (QED) is 0.520. The van der Waals surface area contributed by atoms with Gasteiger partial charge in [-0.05, 0) is 74.4 Å². The molecule has 0 radical (unpaired) electrons. The highest BCUT2D eigenvalue weighted by Gasteiger charge is 2.30. The van der Waals surface area contributed by atoms with Crippen LogP contribution in [0, 0.1) is 5.92 Å². The molecule has 1 unspecified atom stereocenters. The molecule has 1 heterocycles. The van der Waals surface area contributed by atoms with Gasteiger partial charge < -0.3 is 10.1 Å². The van der Waals surface area contributed by atoms with Crippen LogP contribution < -0.4 is 10.1 Å². The lowest BCUT2D eigenvalue weighted by Crippen LogP contribution is -2.32. The third-order valence-corrected chi connectivity index (χ3v) is 5.91. The summed E-state index contributed by atoms with van der Waals surface area (Å²) in [5.41, 5.74) is 2.38. The van der Waals surface area contributed by atoms with Crippen molar-refractivity contribution >= 4 is 21.6 Å². The third-order valence-electron chi connectivity index (χ3n) is 4.99. The Hall–Kier alpha value is -1.91. The Morgan fingerprint density at radius 1 is 1.15 bits per heavy atom. The second kappa shape index (κ2) is 8.19. The summed E-state index contributed by atoms with van der Waals surface area (Å²) in [6.45, 7) is 3.37. The Kier molecular flexibility index (Phi) is 5.51. The molecule has 1 fully saturated rings. The van der Waals surface area contributed by atoms with E-state index in [4.69, 9.17) is 4.74 Å². The van der Waals surface area contributed by atoms with Crippen LogP contribution in [-0.4, -0.2) is 17.6 Å². The van der Waals surface area contributed by atoms with E-state index in [0.29, 0.717) is 11.2 Å². The monoisotopic (exact) mass is 366 g/mol. The number of aromatic nitrogens is 1. The molecule has 26 heavy (non-hydrogen) atoms. The summed E-state index contributed by atoms with van der Waals surface area (Å²) < 4.78 is 7.10. The van der Waals surface area contributed by atoms with E-state index in [1.54, 1.807) is 11.3 Å². The first-order chi connectivity index (χ1) is 12.8. The van der Waals surface area contributed by atoms with Gasteiger partial charge in [-0.15, -0.1) is 0 Å². The van der Waals surface area contributed by atoms with E-state index < -0.39 is 0 Å². The van der Waals surface area contributed by atoms with Gasteiger partial charge in [0.05, 0.1) is 10.2 Å². The van der Waals surface area contributed by atoms with E-state index in [-0.39, 0.29) is 0 Å². The van der Waals surface area contributed by atoms with Crippen LogP contribution in [0.2, 0.25) is 0 Å². The van der Waals surface area contributed by atoms with Crippen LogP contribution in [0.1, 0.15) is 38.2 Å². The molecule has 0 bridgehead atoms. The average Bonchev–Trinajstić information content (AvgIpc) is 3.42. The second-order valence-corrected chi connectivity index (χ2v) is 8.12. The van der Waals surface area contributed by atoms with Crippen molar-refractivity contribution in [1.29, 1.82) is 0 Å². The summed E-state index contributed by atoms with van der Waals surface area (Å²) in [6, 6.07) is 17.3. The van der Waals surface area contributed by atoms with Gasteiger partial charge in [-0.2, -0.15) is 0 Å². The summed E-state index contributed by atoms with van der Waals surface area (Å²) in [5.74, 6) is 1.76. The first-order valence-corrected chi connectivity index (χ1v) is 10.5. The van der Waals surface area contributed by atoms with Crippen molar-refractivity contribution in [2.45, 2.75) is 45.1 Å². The zero-order valence-corrected chi connectivity index (χ0v) is 16.1. The minimum absolute atomic E-state index is 0.689. The topological polar surface area (TPSA) is 34.1 Å². The second-order valence-electron chi connectivity index (χ2n) is 7.13. The summed E-state index contributed by atoms with van der Waals surface area (Å²) in [4.78, 5) is 4.53. The first kappa shape index (κ1) is 17.5. The normalized spacial score (nSPS) is 15.3. The number of nitrogens with zero attached hydrogens (tertiary/aromatic N) is 1. The van der Waals surface area contributed by atoms with Gasteiger partial charge in [0.25, 0.3) is 5.19 Å². The number of benzene rings is 2. The largest absolute Gasteiger partial charge is 0.431 e. The number of aryl methyl sites for hydroxylation is 1. The number of fused-ring (bicyclic) bond motifs is 1. The van der Waals surface area contributed by atoms with Gasteiger partial charge in [-0.3, -0.25) is 0 Å². The average molecular weight is 367 g/mol. The molecule has 4 heteroatoms. The molecule has 0 saturated heterocycles. The molecular weight excluding hydrogens is 340 g/mol. The van der Waals surface area contributed by atoms with Gasteiger partial charge in [0.2, 0.25) is 0 Å². The fourth-order valence-corrected chi connectivity index (χ4v) is 4.21. The maximum atomic E-state index is 5.94. The molecule has 1 saturated carbocycles. The van der Waals surface area contributed by atoms with Gasteiger partial charge in [0.1, 0.15) is 5.75 Å². The van der Waals surface area contributed by atoms with Crippen molar-refractivity contribution in [3.8, 4) is 10.9 Å². The molecule has 1 N–H and O–H groups in total. The fourth-order valence-electron chi connectivity index (χ4n) is 3.37. The van der Waals surface area contributed by atoms with Crippen LogP contribution in [0.4, 0.5) is 0 Å². The van der Waals surface area contributed by atoms with Crippen LogP contribution in [0.15, 0.2) is 48.5 Å². The van der Waals surface area contributed by atoms with E-state index >= 15 is 0 Å². The van der Waals surface area contributed by atoms with Crippen LogP contribution in [-0.2, 0) is 6.42 Å². The van der Waals surface area contributed by atoms with Crippen molar-refractivity contribution in [3.05, 3.63) is 54.1 Å². The highest BCUT2D eigenvalue weighted by Crippen LogP contribution is 2.35. The molecule has 4 rings (SSSR count). The zero-order valence-electron chi connectivity index (χ0n) is 15.3. The van der Waals surface area contributed by atoms with Crippen LogP contribution in [0.5, 0.6) is 10.9 Å². The number of nitrogens with one attached hydrogen (secondary N) is 1. The van der Waals surface area contributed by atoms with E-state index in [1.165, 1.54) is 31.2 Å². The minimum atomic E-state index is 0.689. The Morgan fingerprint density at radius 2 is 1.96 bits per heavy atom. The Bertz CT molecular complexity index is 806. The van der Waals surface area contributed by atoms with Crippen LogP contribution >= 0.6 is 11.3 Å². The molecule has 0 amide bonds. The van der Waals surface area contributed by atoms with Gasteiger partial charge >= 0.3 is 0 Å². The molecule has 2 aromatic carbocycles. The molecule has 1 aliphatic rings. The van der Waals surface area contributed by atoms with E-state index in [0.717, 1.165) is 34.8 Å². The van der Waals surface area contributed by atoms with Crippen molar-refractivity contribution in [1.82, 2.24) is 10.3 Å². The summed E-state index contributed by atoms with van der Waals surface area (Å²) in [6.07, 6.45) is 6.36. The maximum Gasteiger partial charge on any atom is 0.279 e. The first-order valence-electron chi connectivity index (χ1n) is 9.67. The summed E-state index contributed by atoms with van der Waals surface area (Å²) in [7, 11) is 0. The Morgan fingerprint density at radius 3 is 2.69 bits per heavy atom. The van der Waals surface area contributed by atoms with Crippen molar-refractivity contribution in [2.24, 2.45) is 5.92 Å². The highest BCUT2D eigenvalue weighted by molar-refractivity contribution is 7.20. The number of rotatable bonds is 9. The zero-order chi connectivity index (χ0) is 17.8. The highest BCUT2D eigenvalue weighted by atomic mass is 32.1. The maximum absolute atomic E-state index is 5.94. The van der Waals surface area contributed by atoms with Gasteiger partial charge in [0, 0.05) is 6.04 Å².